The van der Waals surface area contributed by atoms with E-state index in [1.54, 1.807) is 6.20 Å². The normalized spacial score (nSPS) is 16.1. The molecule has 0 bridgehead atoms. The number of benzene rings is 1. The average Bonchev–Trinajstić information content (AvgIpc) is 3.30. The maximum atomic E-state index is 13.3. The number of carbonyl (C=O) groups is 1. The van der Waals surface area contributed by atoms with Gasteiger partial charge in [0.25, 0.3) is 0 Å². The molecule has 1 fully saturated rings. The molecule has 1 aromatic carbocycles. The minimum atomic E-state index is -0.300. The standard InChI is InChI=1S/C23H26ClN5O/c1-28(2)22(17-3-6-19(24)7-4-17)23(30)29-13-10-16(11-14-29)20-8-5-18(15-25-20)21-9-12-26-27-21/h3-9,12,15-16,22H,10-11,13-14H2,1-2H3,(H,26,27)/t22-/m0/s1. The number of aromatic nitrogens is 3. The molecule has 30 heavy (non-hydrogen) atoms. The summed E-state index contributed by atoms with van der Waals surface area (Å²) < 4.78 is 0. The smallest absolute Gasteiger partial charge is 0.244 e. The van der Waals surface area contributed by atoms with E-state index in [1.807, 2.05) is 60.4 Å². The number of halogens is 1. The summed E-state index contributed by atoms with van der Waals surface area (Å²) in [6.45, 7) is 1.48. The van der Waals surface area contributed by atoms with Crippen LogP contribution >= 0.6 is 11.6 Å². The summed E-state index contributed by atoms with van der Waals surface area (Å²) in [4.78, 5) is 21.9. The quantitative estimate of drug-likeness (QED) is 0.670. The van der Waals surface area contributed by atoms with E-state index in [0.29, 0.717) is 10.9 Å². The van der Waals surface area contributed by atoms with Crippen LogP contribution in [0.1, 0.15) is 36.1 Å². The molecule has 1 N–H and O–H groups in total. The second-order valence-electron chi connectivity index (χ2n) is 7.96. The van der Waals surface area contributed by atoms with Crippen LogP contribution in [0.2, 0.25) is 5.02 Å². The van der Waals surface area contributed by atoms with Crippen LogP contribution < -0.4 is 0 Å². The van der Waals surface area contributed by atoms with Crippen molar-refractivity contribution < 1.29 is 4.79 Å². The maximum Gasteiger partial charge on any atom is 0.244 e. The van der Waals surface area contributed by atoms with Crippen LogP contribution in [0.25, 0.3) is 11.3 Å². The number of likely N-dealkylation sites (N-methyl/N-ethyl adjacent to an activating group) is 1. The zero-order valence-corrected chi connectivity index (χ0v) is 18.0. The van der Waals surface area contributed by atoms with Crippen LogP contribution in [-0.2, 0) is 4.79 Å². The van der Waals surface area contributed by atoms with Gasteiger partial charge in [-0.1, -0.05) is 23.7 Å². The van der Waals surface area contributed by atoms with E-state index in [2.05, 4.69) is 27.3 Å². The van der Waals surface area contributed by atoms with Crippen LogP contribution in [0.4, 0.5) is 0 Å². The van der Waals surface area contributed by atoms with Gasteiger partial charge in [0.05, 0.1) is 5.69 Å². The van der Waals surface area contributed by atoms with Gasteiger partial charge in [0.15, 0.2) is 0 Å². The number of carbonyl (C=O) groups excluding carboxylic acids is 1. The first-order valence-electron chi connectivity index (χ1n) is 10.2. The zero-order valence-electron chi connectivity index (χ0n) is 17.3. The van der Waals surface area contributed by atoms with Gasteiger partial charge in [-0.2, -0.15) is 5.10 Å². The molecule has 3 heterocycles. The third-order valence-corrected chi connectivity index (χ3v) is 6.01. The molecule has 156 valence electrons. The van der Waals surface area contributed by atoms with Crippen molar-refractivity contribution in [1.82, 2.24) is 25.0 Å². The molecule has 1 atom stereocenters. The van der Waals surface area contributed by atoms with Crippen LogP contribution in [0.3, 0.4) is 0 Å². The number of aromatic amines is 1. The zero-order chi connectivity index (χ0) is 21.1. The average molecular weight is 424 g/mol. The molecule has 1 saturated heterocycles. The molecule has 3 aromatic rings. The van der Waals surface area contributed by atoms with Crippen LogP contribution in [0, 0.1) is 0 Å². The number of likely N-dealkylation sites (tertiary alicyclic amines) is 1. The Morgan fingerprint density at radius 1 is 1.13 bits per heavy atom. The Morgan fingerprint density at radius 2 is 1.87 bits per heavy atom. The molecule has 2 aromatic heterocycles. The summed E-state index contributed by atoms with van der Waals surface area (Å²) in [5.41, 5.74) is 4.05. The van der Waals surface area contributed by atoms with E-state index >= 15 is 0 Å². The van der Waals surface area contributed by atoms with Gasteiger partial charge in [0.2, 0.25) is 5.91 Å². The van der Waals surface area contributed by atoms with Crippen molar-refractivity contribution in [2.75, 3.05) is 27.2 Å². The van der Waals surface area contributed by atoms with Gasteiger partial charge < -0.3 is 4.90 Å². The number of nitrogens with zero attached hydrogens (tertiary/aromatic N) is 4. The lowest BCUT2D eigenvalue weighted by molar-refractivity contribution is -0.137. The highest BCUT2D eigenvalue weighted by atomic mass is 35.5. The maximum absolute atomic E-state index is 13.3. The highest BCUT2D eigenvalue weighted by molar-refractivity contribution is 6.30. The monoisotopic (exact) mass is 423 g/mol. The predicted octanol–water partition coefficient (Wildman–Crippen LogP) is 4.13. The van der Waals surface area contributed by atoms with Crippen LogP contribution in [0.15, 0.2) is 54.9 Å². The minimum Gasteiger partial charge on any atom is -0.341 e. The molecule has 0 saturated carbocycles. The molecule has 1 aliphatic heterocycles. The van der Waals surface area contributed by atoms with Gasteiger partial charge in [0, 0.05) is 47.7 Å². The van der Waals surface area contributed by atoms with Gasteiger partial charge in [-0.05, 0) is 62.8 Å². The third kappa shape index (κ3) is 4.40. The van der Waals surface area contributed by atoms with Gasteiger partial charge in [0.1, 0.15) is 6.04 Å². The lowest BCUT2D eigenvalue weighted by atomic mass is 9.92. The van der Waals surface area contributed by atoms with E-state index in [-0.39, 0.29) is 11.9 Å². The van der Waals surface area contributed by atoms with Crippen molar-refractivity contribution in [2.45, 2.75) is 24.8 Å². The Hall–Kier alpha value is -2.70. The Labute approximate surface area is 181 Å². The Kier molecular flexibility index (Phi) is 6.16. The lowest BCUT2D eigenvalue weighted by Gasteiger charge is -2.36. The molecule has 0 spiro atoms. The fourth-order valence-corrected chi connectivity index (χ4v) is 4.22. The molecule has 1 amide bonds. The van der Waals surface area contributed by atoms with Crippen molar-refractivity contribution in [3.8, 4) is 11.3 Å². The van der Waals surface area contributed by atoms with Crippen molar-refractivity contribution >= 4 is 17.5 Å². The van der Waals surface area contributed by atoms with Crippen LogP contribution in [-0.4, -0.2) is 58.1 Å². The number of nitrogens with one attached hydrogen (secondary N) is 1. The van der Waals surface area contributed by atoms with Crippen molar-refractivity contribution in [2.24, 2.45) is 0 Å². The van der Waals surface area contributed by atoms with Gasteiger partial charge in [-0.25, -0.2) is 0 Å². The Balaban J connectivity index is 1.40. The Morgan fingerprint density at radius 3 is 2.43 bits per heavy atom. The minimum absolute atomic E-state index is 0.142. The summed E-state index contributed by atoms with van der Waals surface area (Å²) in [6, 6.07) is 13.3. The van der Waals surface area contributed by atoms with E-state index in [9.17, 15) is 4.79 Å². The molecule has 6 nitrogen and oxygen atoms in total. The SMILES string of the molecule is CN(C)[C@H](C(=O)N1CCC(c2ccc(-c3ccn[nH]3)cn2)CC1)c1ccc(Cl)cc1. The summed E-state index contributed by atoms with van der Waals surface area (Å²) >= 11 is 6.02. The third-order valence-electron chi connectivity index (χ3n) is 5.76. The van der Waals surface area contributed by atoms with E-state index < -0.39 is 0 Å². The fourth-order valence-electron chi connectivity index (χ4n) is 4.10. The summed E-state index contributed by atoms with van der Waals surface area (Å²) in [5, 5.41) is 7.63. The van der Waals surface area contributed by atoms with Gasteiger partial charge in [-0.3, -0.25) is 19.8 Å². The van der Waals surface area contributed by atoms with Crippen molar-refractivity contribution in [3.05, 3.63) is 71.1 Å². The lowest BCUT2D eigenvalue weighted by Crippen LogP contribution is -2.44. The highest BCUT2D eigenvalue weighted by Gasteiger charge is 2.31. The second-order valence-corrected chi connectivity index (χ2v) is 8.40. The van der Waals surface area contributed by atoms with Crippen molar-refractivity contribution in [1.29, 1.82) is 0 Å². The van der Waals surface area contributed by atoms with E-state index in [4.69, 9.17) is 11.6 Å². The highest BCUT2D eigenvalue weighted by Crippen LogP contribution is 2.30. The summed E-state index contributed by atoms with van der Waals surface area (Å²) in [7, 11) is 3.88. The van der Waals surface area contributed by atoms with Crippen molar-refractivity contribution in [3.63, 3.8) is 0 Å². The summed E-state index contributed by atoms with van der Waals surface area (Å²) in [6.07, 6.45) is 5.47. The van der Waals surface area contributed by atoms with Crippen LogP contribution in [0.5, 0.6) is 0 Å². The number of hydrogen-bond acceptors (Lipinski definition) is 4. The number of rotatable bonds is 5. The molecule has 0 unspecified atom stereocenters. The second kappa shape index (κ2) is 8.98. The number of pyridine rings is 1. The molecular weight excluding hydrogens is 398 g/mol. The number of piperidine rings is 1. The molecule has 4 rings (SSSR count). The van der Waals surface area contributed by atoms with Gasteiger partial charge in [-0.15, -0.1) is 0 Å². The largest absolute Gasteiger partial charge is 0.341 e. The first kappa shape index (κ1) is 20.6. The predicted molar refractivity (Wildman–Crippen MR) is 118 cm³/mol. The molecular formula is C23H26ClN5O. The fraction of sp³-hybridized carbons (Fsp3) is 0.348. The molecule has 0 aliphatic carbocycles. The number of amides is 1. The van der Waals surface area contributed by atoms with Gasteiger partial charge >= 0.3 is 0 Å². The first-order chi connectivity index (χ1) is 14.5. The number of hydrogen-bond donors (Lipinski definition) is 1. The number of H-pyrrole nitrogens is 1. The molecule has 0 radical (unpaired) electrons. The van der Waals surface area contributed by atoms with E-state index in [0.717, 1.165) is 48.4 Å². The topological polar surface area (TPSA) is 65.1 Å². The molecule has 1 aliphatic rings. The molecule has 7 heteroatoms. The van der Waals surface area contributed by atoms with E-state index in [1.165, 1.54) is 0 Å². The first-order valence-corrected chi connectivity index (χ1v) is 10.6. The Bertz CT molecular complexity index is 962. The summed E-state index contributed by atoms with van der Waals surface area (Å²) in [5.74, 6) is 0.515.